The van der Waals surface area contributed by atoms with Crippen molar-refractivity contribution in [1.82, 2.24) is 16.0 Å². The van der Waals surface area contributed by atoms with Crippen LogP contribution in [0.3, 0.4) is 0 Å². The predicted octanol–water partition coefficient (Wildman–Crippen LogP) is 4.73. The summed E-state index contributed by atoms with van der Waals surface area (Å²) in [5.41, 5.74) is 1.97. The first-order valence-corrected chi connectivity index (χ1v) is 13.7. The minimum Gasteiger partial charge on any atom is -0.497 e. The van der Waals surface area contributed by atoms with Crippen molar-refractivity contribution < 1.29 is 28.5 Å². The Morgan fingerprint density at radius 2 is 1.77 bits per heavy atom. The second kappa shape index (κ2) is 18.4. The van der Waals surface area contributed by atoms with Crippen molar-refractivity contribution >= 4 is 23.6 Å². The summed E-state index contributed by atoms with van der Waals surface area (Å²) in [7, 11) is 4.74. The summed E-state index contributed by atoms with van der Waals surface area (Å²) in [5.74, 6) is 0.308. The lowest BCUT2D eigenvalue weighted by molar-refractivity contribution is 0.0803. The molecule has 0 aliphatic carbocycles. The number of hydrogen-bond donors (Lipinski definition) is 3. The van der Waals surface area contributed by atoms with Gasteiger partial charge in [0.15, 0.2) is 0 Å². The zero-order chi connectivity index (χ0) is 28.5. The van der Waals surface area contributed by atoms with Crippen molar-refractivity contribution in [1.29, 1.82) is 0 Å². The minimum atomic E-state index is -0.553. The maximum atomic E-state index is 13.2. The molecule has 2 atom stereocenters. The largest absolute Gasteiger partial charge is 0.497 e. The van der Waals surface area contributed by atoms with Gasteiger partial charge in [-0.25, -0.2) is 4.79 Å². The molecule has 0 saturated carbocycles. The highest BCUT2D eigenvalue weighted by Crippen LogP contribution is 2.31. The highest BCUT2D eigenvalue weighted by atomic mass is 35.5. The van der Waals surface area contributed by atoms with Crippen LogP contribution in [0, 0.1) is 0 Å². The highest BCUT2D eigenvalue weighted by molar-refractivity contribution is 6.30. The fraction of sp³-hybridized carbons (Fsp3) is 0.517. The molecule has 2 aromatic carbocycles. The minimum absolute atomic E-state index is 0.124. The Kier molecular flexibility index (Phi) is 15.3. The van der Waals surface area contributed by atoms with Gasteiger partial charge in [0, 0.05) is 42.9 Å². The first-order chi connectivity index (χ1) is 18.9. The van der Waals surface area contributed by atoms with E-state index in [1.165, 1.54) is 7.11 Å². The van der Waals surface area contributed by atoms with Crippen molar-refractivity contribution in [3.05, 3.63) is 64.2 Å². The first-order valence-electron chi connectivity index (χ1n) is 13.3. The molecule has 0 aliphatic heterocycles. The van der Waals surface area contributed by atoms with Gasteiger partial charge in [0.1, 0.15) is 11.9 Å². The van der Waals surface area contributed by atoms with Crippen molar-refractivity contribution in [3.8, 4) is 5.75 Å². The molecule has 0 aliphatic rings. The van der Waals surface area contributed by atoms with Crippen molar-refractivity contribution in [3.63, 3.8) is 0 Å². The van der Waals surface area contributed by atoms with Crippen LogP contribution < -0.4 is 20.7 Å². The van der Waals surface area contributed by atoms with Gasteiger partial charge < -0.3 is 34.9 Å². The molecule has 216 valence electrons. The highest BCUT2D eigenvalue weighted by Gasteiger charge is 2.20. The van der Waals surface area contributed by atoms with E-state index in [4.69, 9.17) is 25.8 Å². The lowest BCUT2D eigenvalue weighted by Crippen LogP contribution is -2.39. The first kappa shape index (κ1) is 32.4. The number of benzene rings is 2. The number of alkyl carbamates (subject to hydrolysis) is 1. The summed E-state index contributed by atoms with van der Waals surface area (Å²) in [5, 5.41) is 9.45. The molecule has 1 unspecified atom stereocenters. The quantitative estimate of drug-likeness (QED) is 0.225. The maximum absolute atomic E-state index is 13.2. The summed E-state index contributed by atoms with van der Waals surface area (Å²) in [6, 6.07) is 12.7. The zero-order valence-electron chi connectivity index (χ0n) is 23.4. The number of carbonyl (C=O) groups excluding carboxylic acids is 2. The molecule has 0 heterocycles. The van der Waals surface area contributed by atoms with E-state index in [1.54, 1.807) is 25.3 Å². The van der Waals surface area contributed by atoms with E-state index in [9.17, 15) is 9.59 Å². The molecule has 9 nitrogen and oxygen atoms in total. The van der Waals surface area contributed by atoms with Crippen LogP contribution in [0.5, 0.6) is 5.75 Å². The number of methoxy groups -OCH3 is 2. The number of likely N-dealkylation sites (N-methyl/N-ethyl adjacent to an activating group) is 1. The van der Waals surface area contributed by atoms with Gasteiger partial charge in [-0.05, 0) is 67.8 Å². The van der Waals surface area contributed by atoms with Gasteiger partial charge in [0.2, 0.25) is 0 Å². The van der Waals surface area contributed by atoms with E-state index in [0.29, 0.717) is 35.1 Å². The van der Waals surface area contributed by atoms with Gasteiger partial charge in [-0.3, -0.25) is 4.79 Å². The number of nitrogens with one attached hydrogen (secondary N) is 3. The van der Waals surface area contributed by atoms with Gasteiger partial charge in [0.05, 0.1) is 20.8 Å². The normalized spacial score (nSPS) is 12.4. The molecule has 0 aromatic heterocycles. The molecular weight excluding hydrogens is 522 g/mol. The standard InChI is InChI=1S/C29H42ClN3O6/c1-5-6-13-38-14-8-11-25(31-2)20-33-28(34)23-16-22(18-26(19-23)36-3)27(21-9-7-10-24(30)17-21)39-15-12-32-29(35)37-4/h7,9-10,16-19,25,27,31H,5-6,8,11-15,20H2,1-4H3,(H,32,35)(H,33,34)/t25-,27?/m0/s1. The van der Waals surface area contributed by atoms with Gasteiger partial charge in [0.25, 0.3) is 5.91 Å². The molecule has 39 heavy (non-hydrogen) atoms. The second-order valence-corrected chi connectivity index (χ2v) is 9.46. The predicted molar refractivity (Wildman–Crippen MR) is 153 cm³/mol. The Morgan fingerprint density at radius 3 is 2.46 bits per heavy atom. The molecule has 2 amide bonds. The number of hydrogen-bond acceptors (Lipinski definition) is 7. The SMILES string of the molecule is CCCCOCCC[C@@H](CNC(=O)c1cc(OC)cc(C(OCCNC(=O)OC)c2cccc(Cl)c2)c1)NC. The summed E-state index contributed by atoms with van der Waals surface area (Å²) in [6.07, 6.45) is 2.90. The number of carbonyl (C=O) groups is 2. The maximum Gasteiger partial charge on any atom is 0.406 e. The zero-order valence-corrected chi connectivity index (χ0v) is 24.1. The van der Waals surface area contributed by atoms with Crippen LogP contribution in [0.2, 0.25) is 5.02 Å². The fourth-order valence-corrected chi connectivity index (χ4v) is 4.12. The van der Waals surface area contributed by atoms with E-state index in [0.717, 1.165) is 37.9 Å². The van der Waals surface area contributed by atoms with Crippen LogP contribution in [0.25, 0.3) is 0 Å². The average molecular weight is 564 g/mol. The van der Waals surface area contributed by atoms with Crippen molar-refractivity contribution in [2.75, 3.05) is 54.2 Å². The Labute approximate surface area is 236 Å². The monoisotopic (exact) mass is 563 g/mol. The van der Waals surface area contributed by atoms with Crippen LogP contribution in [-0.2, 0) is 14.2 Å². The molecule has 0 spiro atoms. The number of halogens is 1. The molecule has 0 radical (unpaired) electrons. The number of ether oxygens (including phenoxy) is 4. The lowest BCUT2D eigenvalue weighted by atomic mass is 9.98. The fourth-order valence-electron chi connectivity index (χ4n) is 3.93. The summed E-state index contributed by atoms with van der Waals surface area (Å²) in [4.78, 5) is 24.6. The smallest absolute Gasteiger partial charge is 0.406 e. The molecule has 10 heteroatoms. The van der Waals surface area contributed by atoms with Crippen molar-refractivity contribution in [2.45, 2.75) is 44.8 Å². The molecule has 2 rings (SSSR count). The number of rotatable bonds is 18. The number of amides is 2. The summed E-state index contributed by atoms with van der Waals surface area (Å²) < 4.78 is 21.9. The third-order valence-electron chi connectivity index (χ3n) is 6.12. The van der Waals surface area contributed by atoms with E-state index in [2.05, 4.69) is 27.6 Å². The molecule has 0 bridgehead atoms. The van der Waals surface area contributed by atoms with E-state index in [1.807, 2.05) is 31.3 Å². The van der Waals surface area contributed by atoms with E-state index >= 15 is 0 Å². The van der Waals surface area contributed by atoms with Crippen LogP contribution in [0.1, 0.15) is 60.2 Å². The summed E-state index contributed by atoms with van der Waals surface area (Å²) >= 11 is 6.26. The van der Waals surface area contributed by atoms with Crippen LogP contribution in [-0.4, -0.2) is 72.2 Å². The topological polar surface area (TPSA) is 107 Å². The molecular formula is C29H42ClN3O6. The number of unbranched alkanes of at least 4 members (excludes halogenated alkanes) is 1. The van der Waals surface area contributed by atoms with Crippen LogP contribution in [0.4, 0.5) is 4.79 Å². The van der Waals surface area contributed by atoms with Gasteiger partial charge in [-0.15, -0.1) is 0 Å². The van der Waals surface area contributed by atoms with Gasteiger partial charge in [-0.1, -0.05) is 37.1 Å². The van der Waals surface area contributed by atoms with Crippen LogP contribution >= 0.6 is 11.6 Å². The second-order valence-electron chi connectivity index (χ2n) is 9.02. The van der Waals surface area contributed by atoms with Crippen molar-refractivity contribution in [2.24, 2.45) is 0 Å². The van der Waals surface area contributed by atoms with Gasteiger partial charge >= 0.3 is 6.09 Å². The Bertz CT molecular complexity index is 1020. The third-order valence-corrected chi connectivity index (χ3v) is 6.36. The Morgan fingerprint density at radius 1 is 0.974 bits per heavy atom. The van der Waals surface area contributed by atoms with Gasteiger partial charge in [-0.2, -0.15) is 0 Å². The Hall–Kier alpha value is -2.85. The molecule has 2 aromatic rings. The van der Waals surface area contributed by atoms with E-state index < -0.39 is 12.2 Å². The van der Waals surface area contributed by atoms with E-state index in [-0.39, 0.29) is 25.1 Å². The Balaban J connectivity index is 2.13. The summed E-state index contributed by atoms with van der Waals surface area (Å²) in [6.45, 7) is 4.57. The molecule has 0 saturated heterocycles. The lowest BCUT2D eigenvalue weighted by Gasteiger charge is -2.21. The van der Waals surface area contributed by atoms with Crippen LogP contribution in [0.15, 0.2) is 42.5 Å². The third kappa shape index (κ3) is 11.8. The molecule has 3 N–H and O–H groups in total. The average Bonchev–Trinajstić information content (AvgIpc) is 2.95. The molecule has 0 fully saturated rings.